The molecular formula is C12H9BrN2O3. The smallest absolute Gasteiger partial charge is 0.274 e. The molecule has 1 aromatic carbocycles. The van der Waals surface area contributed by atoms with E-state index in [1.54, 1.807) is 12.1 Å². The number of carbonyl (C=O) groups excluding carboxylic acids is 1. The zero-order valence-corrected chi connectivity index (χ0v) is 11.0. The van der Waals surface area contributed by atoms with Crippen molar-refractivity contribution in [3.63, 3.8) is 0 Å². The number of phenolic OH excluding ortho intramolecular Hbond substituents is 1. The number of phenols is 1. The standard InChI is InChI=1S/C12H9BrN2O3/c1-7(16)15-12(18)4-8(6-14-15)10-5-9(13)2-3-11(10)17/h2-6,17H,1H3. The monoisotopic (exact) mass is 308 g/mol. The van der Waals surface area contributed by atoms with Crippen molar-refractivity contribution in [2.24, 2.45) is 0 Å². The van der Waals surface area contributed by atoms with Crippen LogP contribution in [0.15, 0.2) is 39.7 Å². The van der Waals surface area contributed by atoms with Gasteiger partial charge in [-0.15, -0.1) is 0 Å². The molecule has 0 saturated heterocycles. The Kier molecular flexibility index (Phi) is 3.29. The first-order valence-electron chi connectivity index (χ1n) is 5.08. The molecule has 18 heavy (non-hydrogen) atoms. The Balaban J connectivity index is 2.59. The highest BCUT2D eigenvalue weighted by molar-refractivity contribution is 9.10. The SMILES string of the molecule is CC(=O)n1ncc(-c2cc(Br)ccc2O)cc1=O. The Hall–Kier alpha value is -1.95. The van der Waals surface area contributed by atoms with E-state index < -0.39 is 11.5 Å². The molecule has 0 bridgehead atoms. The molecule has 0 unspecified atom stereocenters. The largest absolute Gasteiger partial charge is 0.507 e. The van der Waals surface area contributed by atoms with Crippen molar-refractivity contribution < 1.29 is 9.90 Å². The van der Waals surface area contributed by atoms with E-state index in [0.29, 0.717) is 11.1 Å². The van der Waals surface area contributed by atoms with Crippen LogP contribution in [0.4, 0.5) is 0 Å². The summed E-state index contributed by atoms with van der Waals surface area (Å²) in [5, 5.41) is 13.5. The van der Waals surface area contributed by atoms with Gasteiger partial charge in [0.25, 0.3) is 5.56 Å². The van der Waals surface area contributed by atoms with Crippen LogP contribution < -0.4 is 5.56 Å². The highest BCUT2D eigenvalue weighted by Crippen LogP contribution is 2.30. The first kappa shape index (κ1) is 12.5. The number of rotatable bonds is 1. The minimum atomic E-state index is -0.528. The fraction of sp³-hybridized carbons (Fsp3) is 0.0833. The van der Waals surface area contributed by atoms with Gasteiger partial charge in [-0.05, 0) is 18.2 Å². The van der Waals surface area contributed by atoms with Crippen LogP contribution in [0.5, 0.6) is 5.75 Å². The molecule has 5 nitrogen and oxygen atoms in total. The van der Waals surface area contributed by atoms with Crippen molar-refractivity contribution >= 4 is 21.8 Å². The molecule has 0 spiro atoms. The molecule has 2 rings (SSSR count). The highest BCUT2D eigenvalue weighted by atomic mass is 79.9. The van der Waals surface area contributed by atoms with Crippen LogP contribution in [-0.2, 0) is 0 Å². The van der Waals surface area contributed by atoms with Crippen LogP contribution in [0.2, 0.25) is 0 Å². The normalized spacial score (nSPS) is 10.3. The fourth-order valence-electron chi connectivity index (χ4n) is 1.53. The number of hydrogen-bond donors (Lipinski definition) is 1. The lowest BCUT2D eigenvalue weighted by molar-refractivity contribution is 0.0915. The third-order valence-electron chi connectivity index (χ3n) is 2.37. The van der Waals surface area contributed by atoms with Crippen molar-refractivity contribution in [3.05, 3.63) is 45.3 Å². The van der Waals surface area contributed by atoms with Crippen LogP contribution >= 0.6 is 15.9 Å². The van der Waals surface area contributed by atoms with E-state index in [-0.39, 0.29) is 5.75 Å². The lowest BCUT2D eigenvalue weighted by Crippen LogP contribution is -2.26. The molecule has 0 saturated carbocycles. The number of nitrogens with zero attached hydrogens (tertiary/aromatic N) is 2. The summed E-state index contributed by atoms with van der Waals surface area (Å²) >= 11 is 3.28. The van der Waals surface area contributed by atoms with Crippen molar-refractivity contribution in [2.75, 3.05) is 0 Å². The summed E-state index contributed by atoms with van der Waals surface area (Å²) in [5.41, 5.74) is 0.403. The Morgan fingerprint density at radius 1 is 1.39 bits per heavy atom. The number of hydrogen-bond acceptors (Lipinski definition) is 4. The maximum absolute atomic E-state index is 11.6. The second-order valence-electron chi connectivity index (χ2n) is 3.67. The predicted molar refractivity (Wildman–Crippen MR) is 69.6 cm³/mol. The van der Waals surface area contributed by atoms with Crippen molar-refractivity contribution in [2.45, 2.75) is 6.92 Å². The number of aromatic nitrogens is 2. The summed E-state index contributed by atoms with van der Waals surface area (Å²) in [6.07, 6.45) is 1.37. The zero-order valence-electron chi connectivity index (χ0n) is 9.42. The molecule has 0 aliphatic carbocycles. The van der Waals surface area contributed by atoms with Gasteiger partial charge in [-0.2, -0.15) is 9.78 Å². The Bertz CT molecular complexity index is 679. The van der Waals surface area contributed by atoms with Gasteiger partial charge in [0.05, 0.1) is 6.20 Å². The summed E-state index contributed by atoms with van der Waals surface area (Å²) in [6, 6.07) is 6.12. The number of carbonyl (C=O) groups is 1. The second kappa shape index (κ2) is 4.73. The molecule has 1 aromatic heterocycles. The van der Waals surface area contributed by atoms with Crippen LogP contribution in [0, 0.1) is 0 Å². The van der Waals surface area contributed by atoms with E-state index in [1.807, 2.05) is 0 Å². The van der Waals surface area contributed by atoms with Crippen molar-refractivity contribution in [3.8, 4) is 16.9 Å². The van der Waals surface area contributed by atoms with Crippen LogP contribution in [0.25, 0.3) is 11.1 Å². The molecule has 0 aliphatic rings. The maximum Gasteiger partial charge on any atom is 0.274 e. The van der Waals surface area contributed by atoms with E-state index in [4.69, 9.17) is 0 Å². The van der Waals surface area contributed by atoms with Crippen molar-refractivity contribution in [1.29, 1.82) is 0 Å². The molecule has 0 aliphatic heterocycles. The average Bonchev–Trinajstić information content (AvgIpc) is 2.31. The molecule has 1 N–H and O–H groups in total. The highest BCUT2D eigenvalue weighted by Gasteiger charge is 2.09. The Labute approximate surface area is 111 Å². The van der Waals surface area contributed by atoms with Crippen LogP contribution in [0.1, 0.15) is 11.7 Å². The van der Waals surface area contributed by atoms with Gasteiger partial charge in [0.1, 0.15) is 5.75 Å². The molecule has 0 fully saturated rings. The van der Waals surface area contributed by atoms with Crippen LogP contribution in [0.3, 0.4) is 0 Å². The minimum absolute atomic E-state index is 0.0416. The maximum atomic E-state index is 11.6. The predicted octanol–water partition coefficient (Wildman–Crippen LogP) is 2.04. The lowest BCUT2D eigenvalue weighted by atomic mass is 10.1. The summed E-state index contributed by atoms with van der Waals surface area (Å²) in [4.78, 5) is 22.7. The fourth-order valence-corrected chi connectivity index (χ4v) is 1.89. The van der Waals surface area contributed by atoms with E-state index in [2.05, 4.69) is 21.0 Å². The third-order valence-corrected chi connectivity index (χ3v) is 2.86. The number of halogens is 1. The molecular weight excluding hydrogens is 300 g/mol. The topological polar surface area (TPSA) is 72.2 Å². The van der Waals surface area contributed by atoms with E-state index >= 15 is 0 Å². The summed E-state index contributed by atoms with van der Waals surface area (Å²) < 4.78 is 1.53. The van der Waals surface area contributed by atoms with E-state index in [1.165, 1.54) is 25.3 Å². The lowest BCUT2D eigenvalue weighted by Gasteiger charge is -2.05. The van der Waals surface area contributed by atoms with Crippen molar-refractivity contribution in [1.82, 2.24) is 9.78 Å². The zero-order chi connectivity index (χ0) is 13.3. The number of benzene rings is 1. The van der Waals surface area contributed by atoms with E-state index in [0.717, 1.165) is 9.15 Å². The quantitative estimate of drug-likeness (QED) is 0.875. The Morgan fingerprint density at radius 2 is 2.11 bits per heavy atom. The molecule has 92 valence electrons. The summed E-state index contributed by atoms with van der Waals surface area (Å²) in [5.74, 6) is -0.412. The molecule has 2 aromatic rings. The molecule has 1 heterocycles. The third kappa shape index (κ3) is 2.33. The molecule has 0 atom stereocenters. The first-order valence-corrected chi connectivity index (χ1v) is 5.87. The molecule has 6 heteroatoms. The van der Waals surface area contributed by atoms with Crippen LogP contribution in [-0.4, -0.2) is 20.8 Å². The molecule has 0 radical (unpaired) electrons. The van der Waals surface area contributed by atoms with Gasteiger partial charge < -0.3 is 5.11 Å². The first-order chi connectivity index (χ1) is 8.49. The minimum Gasteiger partial charge on any atom is -0.507 e. The van der Waals surface area contributed by atoms with Gasteiger partial charge in [0.15, 0.2) is 0 Å². The summed E-state index contributed by atoms with van der Waals surface area (Å²) in [6.45, 7) is 1.25. The van der Waals surface area contributed by atoms with Gasteiger partial charge in [-0.25, -0.2) is 0 Å². The summed E-state index contributed by atoms with van der Waals surface area (Å²) in [7, 11) is 0. The second-order valence-corrected chi connectivity index (χ2v) is 4.59. The van der Waals surface area contributed by atoms with Gasteiger partial charge in [-0.3, -0.25) is 9.59 Å². The van der Waals surface area contributed by atoms with Gasteiger partial charge >= 0.3 is 0 Å². The van der Waals surface area contributed by atoms with Gasteiger partial charge in [0, 0.05) is 28.6 Å². The average molecular weight is 309 g/mol. The number of aromatic hydroxyl groups is 1. The van der Waals surface area contributed by atoms with Gasteiger partial charge in [0.2, 0.25) is 5.91 Å². The van der Waals surface area contributed by atoms with E-state index in [9.17, 15) is 14.7 Å². The van der Waals surface area contributed by atoms with Gasteiger partial charge in [-0.1, -0.05) is 15.9 Å². The Morgan fingerprint density at radius 3 is 2.72 bits per heavy atom. The molecule has 0 amide bonds.